The maximum absolute atomic E-state index is 13.6. The Morgan fingerprint density at radius 2 is 1.79 bits per heavy atom. The SMILES string of the molecule is O=C(COC(=O)CC12C[C@@H]3C[C@@H](CC(Br)(C3)C1)C2)NNC(=O)c1ccccc1F. The van der Waals surface area contributed by atoms with Gasteiger partial charge in [-0.25, -0.2) is 4.39 Å². The van der Waals surface area contributed by atoms with Crippen molar-refractivity contribution >= 4 is 33.7 Å². The van der Waals surface area contributed by atoms with Crippen LogP contribution in [-0.4, -0.2) is 28.7 Å². The second-order valence-corrected chi connectivity index (χ2v) is 10.6. The summed E-state index contributed by atoms with van der Waals surface area (Å²) >= 11 is 3.92. The van der Waals surface area contributed by atoms with Gasteiger partial charge in [-0.3, -0.25) is 25.2 Å². The Hall–Kier alpha value is -1.96. The summed E-state index contributed by atoms with van der Waals surface area (Å²) in [5, 5.41) is 0. The Bertz CT molecular complexity index is 832. The Labute approximate surface area is 177 Å². The first-order valence-electron chi connectivity index (χ1n) is 9.94. The number of carbonyl (C=O) groups is 3. The molecule has 0 radical (unpaired) electrons. The maximum atomic E-state index is 13.6. The van der Waals surface area contributed by atoms with Gasteiger partial charge in [-0.15, -0.1) is 0 Å². The molecule has 5 rings (SSSR count). The molecule has 4 aliphatic rings. The molecule has 2 amide bonds. The van der Waals surface area contributed by atoms with Gasteiger partial charge in [-0.05, 0) is 67.9 Å². The zero-order valence-electron chi connectivity index (χ0n) is 16.0. The first kappa shape index (κ1) is 20.3. The van der Waals surface area contributed by atoms with Crippen LogP contribution in [0.4, 0.5) is 4.39 Å². The fraction of sp³-hybridized carbons (Fsp3) is 0.571. The molecule has 4 fully saturated rings. The van der Waals surface area contributed by atoms with Crippen molar-refractivity contribution in [1.82, 2.24) is 10.9 Å². The number of rotatable bonds is 5. The Kier molecular flexibility index (Phi) is 5.40. The zero-order valence-corrected chi connectivity index (χ0v) is 17.6. The molecule has 0 saturated heterocycles. The van der Waals surface area contributed by atoms with E-state index < -0.39 is 30.2 Å². The third-order valence-corrected chi connectivity index (χ3v) is 7.36. The van der Waals surface area contributed by atoms with Crippen molar-refractivity contribution in [3.63, 3.8) is 0 Å². The lowest BCUT2D eigenvalue weighted by molar-refractivity contribution is -0.154. The van der Waals surface area contributed by atoms with Gasteiger partial charge < -0.3 is 4.74 Å². The van der Waals surface area contributed by atoms with Crippen LogP contribution in [0.25, 0.3) is 0 Å². The van der Waals surface area contributed by atoms with Crippen molar-refractivity contribution in [1.29, 1.82) is 0 Å². The summed E-state index contributed by atoms with van der Waals surface area (Å²) in [7, 11) is 0. The molecule has 1 aromatic rings. The van der Waals surface area contributed by atoms with Gasteiger partial charge in [0.05, 0.1) is 12.0 Å². The molecule has 0 heterocycles. The number of carbonyl (C=O) groups excluding carboxylic acids is 3. The molecule has 8 heteroatoms. The van der Waals surface area contributed by atoms with E-state index in [4.69, 9.17) is 4.74 Å². The molecule has 0 aromatic heterocycles. The third-order valence-electron chi connectivity index (χ3n) is 6.43. The highest BCUT2D eigenvalue weighted by Crippen LogP contribution is 2.65. The molecule has 4 aliphatic carbocycles. The normalized spacial score (nSPS) is 31.9. The van der Waals surface area contributed by atoms with Crippen molar-refractivity contribution in [3.05, 3.63) is 35.6 Å². The molecule has 4 atom stereocenters. The van der Waals surface area contributed by atoms with Crippen LogP contribution in [0.5, 0.6) is 0 Å². The molecule has 1 aromatic carbocycles. The summed E-state index contributed by atoms with van der Waals surface area (Å²) in [4.78, 5) is 36.1. The first-order valence-corrected chi connectivity index (χ1v) is 10.7. The van der Waals surface area contributed by atoms with Crippen molar-refractivity contribution in [2.24, 2.45) is 17.3 Å². The minimum atomic E-state index is -0.779. The van der Waals surface area contributed by atoms with Gasteiger partial charge in [-0.1, -0.05) is 28.1 Å². The van der Waals surface area contributed by atoms with E-state index >= 15 is 0 Å². The van der Waals surface area contributed by atoms with E-state index in [0.29, 0.717) is 18.3 Å². The van der Waals surface area contributed by atoms with Gasteiger partial charge >= 0.3 is 5.97 Å². The van der Waals surface area contributed by atoms with E-state index in [1.54, 1.807) is 0 Å². The van der Waals surface area contributed by atoms with Gasteiger partial charge in [0.1, 0.15) is 5.82 Å². The highest BCUT2D eigenvalue weighted by Gasteiger charge is 2.57. The molecule has 0 aliphatic heterocycles. The van der Waals surface area contributed by atoms with Gasteiger partial charge in [0.15, 0.2) is 6.61 Å². The van der Waals surface area contributed by atoms with Gasteiger partial charge in [0.2, 0.25) is 0 Å². The summed E-state index contributed by atoms with van der Waals surface area (Å²) in [6.07, 6.45) is 7.03. The number of halogens is 2. The molecule has 4 bridgehead atoms. The average molecular weight is 467 g/mol. The molecule has 2 unspecified atom stereocenters. The lowest BCUT2D eigenvalue weighted by Crippen LogP contribution is -2.53. The largest absolute Gasteiger partial charge is 0.455 e. The van der Waals surface area contributed by atoms with E-state index in [2.05, 4.69) is 26.8 Å². The number of esters is 1. The van der Waals surface area contributed by atoms with Crippen LogP contribution in [0.2, 0.25) is 0 Å². The van der Waals surface area contributed by atoms with E-state index in [0.717, 1.165) is 25.3 Å². The maximum Gasteiger partial charge on any atom is 0.306 e. The molecule has 156 valence electrons. The Morgan fingerprint density at radius 3 is 2.45 bits per heavy atom. The standard InChI is InChI=1S/C21H24BrFN2O4/c22-21-8-13-5-14(9-21)7-20(6-13,12-21)10-18(27)29-11-17(26)24-25-19(28)15-3-1-2-4-16(15)23/h1-4,13-14H,5-12H2,(H,24,26)(H,25,28)/t13-,14+,20?,21?. The minimum Gasteiger partial charge on any atom is -0.455 e. The number of amides is 2. The second-order valence-electron chi connectivity index (χ2n) is 8.93. The molecular formula is C21H24BrFN2O4. The van der Waals surface area contributed by atoms with E-state index in [-0.39, 0.29) is 15.3 Å². The number of hydrogen-bond donors (Lipinski definition) is 2. The molecule has 4 saturated carbocycles. The van der Waals surface area contributed by atoms with Crippen LogP contribution in [0.15, 0.2) is 24.3 Å². The highest BCUT2D eigenvalue weighted by atomic mass is 79.9. The van der Waals surface area contributed by atoms with Gasteiger partial charge in [0.25, 0.3) is 11.8 Å². The molecule has 2 N–H and O–H groups in total. The molecule has 6 nitrogen and oxygen atoms in total. The first-order chi connectivity index (χ1) is 13.8. The Morgan fingerprint density at radius 1 is 1.10 bits per heavy atom. The average Bonchev–Trinajstić information content (AvgIpc) is 2.62. The van der Waals surface area contributed by atoms with Crippen molar-refractivity contribution < 1.29 is 23.5 Å². The molecule has 29 heavy (non-hydrogen) atoms. The van der Waals surface area contributed by atoms with Crippen molar-refractivity contribution in [2.75, 3.05) is 6.61 Å². The van der Waals surface area contributed by atoms with Crippen molar-refractivity contribution in [3.8, 4) is 0 Å². The fourth-order valence-corrected chi connectivity index (χ4v) is 7.43. The fourth-order valence-electron chi connectivity index (χ4n) is 5.92. The summed E-state index contributed by atoms with van der Waals surface area (Å²) < 4.78 is 18.9. The van der Waals surface area contributed by atoms with E-state index in [9.17, 15) is 18.8 Å². The topological polar surface area (TPSA) is 84.5 Å². The predicted octanol–water partition coefficient (Wildman–Crippen LogP) is 3.25. The number of nitrogens with one attached hydrogen (secondary N) is 2. The van der Waals surface area contributed by atoms with Crippen LogP contribution >= 0.6 is 15.9 Å². The Balaban J connectivity index is 1.23. The van der Waals surface area contributed by atoms with E-state index in [1.807, 2.05) is 0 Å². The summed E-state index contributed by atoms with van der Waals surface area (Å²) in [6, 6.07) is 5.44. The minimum absolute atomic E-state index is 0.0276. The van der Waals surface area contributed by atoms with Gasteiger partial charge in [-0.2, -0.15) is 0 Å². The third kappa shape index (κ3) is 4.47. The number of hydrogen-bond acceptors (Lipinski definition) is 4. The van der Waals surface area contributed by atoms with Crippen molar-refractivity contribution in [2.45, 2.75) is 49.3 Å². The summed E-state index contributed by atoms with van der Waals surface area (Å²) in [6.45, 7) is -0.487. The lowest BCUT2D eigenvalue weighted by atomic mass is 9.49. The van der Waals surface area contributed by atoms with E-state index in [1.165, 1.54) is 37.5 Å². The predicted molar refractivity (Wildman–Crippen MR) is 106 cm³/mol. The number of benzene rings is 1. The number of alkyl halides is 1. The smallest absolute Gasteiger partial charge is 0.306 e. The quantitative estimate of drug-likeness (QED) is 0.396. The van der Waals surface area contributed by atoms with Crippen LogP contribution in [-0.2, 0) is 14.3 Å². The number of hydrazine groups is 1. The lowest BCUT2D eigenvalue weighted by Gasteiger charge is -2.60. The molecule has 0 spiro atoms. The van der Waals surface area contributed by atoms with Crippen LogP contribution in [0, 0.1) is 23.1 Å². The second kappa shape index (κ2) is 7.70. The summed E-state index contributed by atoms with van der Waals surface area (Å²) in [5.41, 5.74) is 4.05. The number of ether oxygens (including phenoxy) is 1. The van der Waals surface area contributed by atoms with Crippen LogP contribution in [0.3, 0.4) is 0 Å². The highest BCUT2D eigenvalue weighted by molar-refractivity contribution is 9.10. The monoisotopic (exact) mass is 466 g/mol. The van der Waals surface area contributed by atoms with Gasteiger partial charge in [0, 0.05) is 4.32 Å². The zero-order chi connectivity index (χ0) is 20.6. The van der Waals surface area contributed by atoms with Crippen LogP contribution in [0.1, 0.15) is 55.3 Å². The summed E-state index contributed by atoms with van der Waals surface area (Å²) in [5.74, 6) is -1.20. The van der Waals surface area contributed by atoms with Crippen LogP contribution < -0.4 is 10.9 Å². The molecular weight excluding hydrogens is 443 g/mol.